The quantitative estimate of drug-likeness (QED) is 0.750. The molecule has 0 radical (unpaired) electrons. The number of hydrogen-bond acceptors (Lipinski definition) is 4. The molecule has 0 aliphatic carbocycles. The summed E-state index contributed by atoms with van der Waals surface area (Å²) in [5, 5.41) is 0. The summed E-state index contributed by atoms with van der Waals surface area (Å²) in [4.78, 5) is 13.8. The minimum atomic E-state index is -3.84. The summed E-state index contributed by atoms with van der Waals surface area (Å²) in [6.45, 7) is 3.95. The molecule has 1 rings (SSSR count). The van der Waals surface area contributed by atoms with Crippen molar-refractivity contribution in [3.63, 3.8) is 0 Å². The van der Waals surface area contributed by atoms with Crippen LogP contribution in [0.4, 0.5) is 0 Å². The second kappa shape index (κ2) is 7.13. The molecule has 21 heavy (non-hydrogen) atoms. The number of halogens is 1. The Morgan fingerprint density at radius 1 is 1.43 bits per heavy atom. The van der Waals surface area contributed by atoms with E-state index in [2.05, 4.69) is 0 Å². The van der Waals surface area contributed by atoms with Crippen LogP contribution >= 0.6 is 10.7 Å². The van der Waals surface area contributed by atoms with Gasteiger partial charge in [0.05, 0.1) is 18.4 Å². The van der Waals surface area contributed by atoms with Gasteiger partial charge in [0.15, 0.2) is 0 Å². The highest BCUT2D eigenvalue weighted by Crippen LogP contribution is 2.25. The monoisotopic (exact) mass is 333 g/mol. The molecular weight excluding hydrogens is 314 g/mol. The third kappa shape index (κ3) is 4.61. The standard InChI is InChI=1S/C14H20ClNO4S/c1-5-10(2)16(3)14(17)9-11-8-12(21(15,18)19)6-7-13(11)20-4/h6-8,10H,5,9H2,1-4H3. The van der Waals surface area contributed by atoms with Crippen LogP contribution in [-0.2, 0) is 20.3 Å². The van der Waals surface area contributed by atoms with Crippen molar-refractivity contribution >= 4 is 25.6 Å². The fourth-order valence-electron chi connectivity index (χ4n) is 1.85. The van der Waals surface area contributed by atoms with Crippen molar-refractivity contribution in [3.8, 4) is 5.75 Å². The number of methoxy groups -OCH3 is 1. The lowest BCUT2D eigenvalue weighted by molar-refractivity contribution is -0.131. The molecule has 0 aliphatic heterocycles. The first kappa shape index (κ1) is 17.8. The summed E-state index contributed by atoms with van der Waals surface area (Å²) in [6, 6.07) is 4.35. The summed E-state index contributed by atoms with van der Waals surface area (Å²) >= 11 is 0. The molecule has 0 heterocycles. The van der Waals surface area contributed by atoms with Gasteiger partial charge in [-0.2, -0.15) is 0 Å². The maximum Gasteiger partial charge on any atom is 0.261 e. The fourth-order valence-corrected chi connectivity index (χ4v) is 2.65. The Hall–Kier alpha value is -1.27. The highest BCUT2D eigenvalue weighted by molar-refractivity contribution is 8.13. The van der Waals surface area contributed by atoms with Gasteiger partial charge in [-0.25, -0.2) is 8.42 Å². The number of benzene rings is 1. The van der Waals surface area contributed by atoms with Gasteiger partial charge in [-0.1, -0.05) is 6.92 Å². The van der Waals surface area contributed by atoms with Crippen molar-refractivity contribution in [2.24, 2.45) is 0 Å². The van der Waals surface area contributed by atoms with Crippen molar-refractivity contribution < 1.29 is 17.9 Å². The number of hydrogen-bond donors (Lipinski definition) is 0. The minimum absolute atomic E-state index is 0.0426. The molecule has 1 amide bonds. The number of nitrogens with zero attached hydrogens (tertiary/aromatic N) is 1. The molecule has 1 atom stereocenters. The average Bonchev–Trinajstić information content (AvgIpc) is 2.44. The van der Waals surface area contributed by atoms with E-state index in [4.69, 9.17) is 15.4 Å². The molecular formula is C14H20ClNO4S. The number of ether oxygens (including phenoxy) is 1. The Bertz CT molecular complexity index is 615. The zero-order valence-electron chi connectivity index (χ0n) is 12.6. The van der Waals surface area contributed by atoms with Crippen LogP contribution in [0.2, 0.25) is 0 Å². The van der Waals surface area contributed by atoms with Crippen molar-refractivity contribution in [2.45, 2.75) is 37.6 Å². The summed E-state index contributed by atoms with van der Waals surface area (Å²) < 4.78 is 27.9. The van der Waals surface area contributed by atoms with E-state index in [0.717, 1.165) is 6.42 Å². The zero-order valence-corrected chi connectivity index (χ0v) is 14.2. The van der Waals surface area contributed by atoms with Gasteiger partial charge in [0.2, 0.25) is 5.91 Å². The first-order valence-electron chi connectivity index (χ1n) is 6.58. The Morgan fingerprint density at radius 2 is 2.05 bits per heavy atom. The topological polar surface area (TPSA) is 63.7 Å². The van der Waals surface area contributed by atoms with E-state index in [9.17, 15) is 13.2 Å². The maximum atomic E-state index is 12.2. The predicted octanol–water partition coefficient (Wildman–Crippen LogP) is 2.42. The third-order valence-electron chi connectivity index (χ3n) is 3.52. The van der Waals surface area contributed by atoms with Crippen molar-refractivity contribution in [2.75, 3.05) is 14.2 Å². The summed E-state index contributed by atoms with van der Waals surface area (Å²) in [5.74, 6) is 0.358. The molecule has 1 aromatic rings. The van der Waals surface area contributed by atoms with Gasteiger partial charge < -0.3 is 9.64 Å². The lowest BCUT2D eigenvalue weighted by Gasteiger charge is -2.24. The van der Waals surface area contributed by atoms with Gasteiger partial charge in [0.25, 0.3) is 9.05 Å². The minimum Gasteiger partial charge on any atom is -0.496 e. The Labute approximate surface area is 130 Å². The van der Waals surface area contributed by atoms with E-state index < -0.39 is 9.05 Å². The van der Waals surface area contributed by atoms with Crippen molar-refractivity contribution in [1.82, 2.24) is 4.90 Å². The molecule has 0 N–H and O–H groups in total. The molecule has 1 unspecified atom stereocenters. The molecule has 0 spiro atoms. The third-order valence-corrected chi connectivity index (χ3v) is 4.87. The second-order valence-corrected chi connectivity index (χ2v) is 7.42. The number of carbonyl (C=O) groups excluding carboxylic acids is 1. The molecule has 7 heteroatoms. The highest BCUT2D eigenvalue weighted by Gasteiger charge is 2.19. The van der Waals surface area contributed by atoms with Crippen LogP contribution in [0.3, 0.4) is 0 Å². The zero-order chi connectivity index (χ0) is 16.2. The largest absolute Gasteiger partial charge is 0.496 e. The van der Waals surface area contributed by atoms with E-state index >= 15 is 0 Å². The van der Waals surface area contributed by atoms with Gasteiger partial charge in [0.1, 0.15) is 5.75 Å². The van der Waals surface area contributed by atoms with Crippen LogP contribution in [0, 0.1) is 0 Å². The number of likely N-dealkylation sites (N-methyl/N-ethyl adjacent to an activating group) is 1. The number of carbonyl (C=O) groups is 1. The van der Waals surface area contributed by atoms with E-state index in [1.165, 1.54) is 25.3 Å². The Balaban J connectivity index is 3.09. The first-order chi connectivity index (χ1) is 9.70. The van der Waals surface area contributed by atoms with Crippen LogP contribution < -0.4 is 4.74 Å². The molecule has 0 fully saturated rings. The van der Waals surface area contributed by atoms with E-state index in [1.807, 2.05) is 13.8 Å². The maximum absolute atomic E-state index is 12.2. The van der Waals surface area contributed by atoms with Crippen LogP contribution in [0.5, 0.6) is 5.75 Å². The molecule has 0 aliphatic rings. The smallest absolute Gasteiger partial charge is 0.261 e. The molecule has 0 saturated heterocycles. The Morgan fingerprint density at radius 3 is 2.52 bits per heavy atom. The van der Waals surface area contributed by atoms with Gasteiger partial charge in [0, 0.05) is 29.3 Å². The van der Waals surface area contributed by atoms with Crippen LogP contribution in [0.25, 0.3) is 0 Å². The van der Waals surface area contributed by atoms with Crippen LogP contribution in [-0.4, -0.2) is 39.4 Å². The van der Waals surface area contributed by atoms with Gasteiger partial charge in [-0.15, -0.1) is 0 Å². The molecule has 0 saturated carbocycles. The van der Waals surface area contributed by atoms with Crippen LogP contribution in [0.15, 0.2) is 23.1 Å². The number of rotatable bonds is 6. The van der Waals surface area contributed by atoms with E-state index in [1.54, 1.807) is 11.9 Å². The second-order valence-electron chi connectivity index (χ2n) is 4.85. The van der Waals surface area contributed by atoms with Gasteiger partial charge in [-0.05, 0) is 31.5 Å². The fraction of sp³-hybridized carbons (Fsp3) is 0.500. The van der Waals surface area contributed by atoms with Gasteiger partial charge in [-0.3, -0.25) is 4.79 Å². The van der Waals surface area contributed by atoms with Crippen LogP contribution in [0.1, 0.15) is 25.8 Å². The Kier molecular flexibility index (Phi) is 6.04. The lowest BCUT2D eigenvalue weighted by atomic mass is 10.1. The highest BCUT2D eigenvalue weighted by atomic mass is 35.7. The van der Waals surface area contributed by atoms with Gasteiger partial charge >= 0.3 is 0 Å². The molecule has 5 nitrogen and oxygen atoms in total. The molecule has 0 aromatic heterocycles. The van der Waals surface area contributed by atoms with E-state index in [-0.39, 0.29) is 23.3 Å². The average molecular weight is 334 g/mol. The number of amides is 1. The molecule has 1 aromatic carbocycles. The molecule has 118 valence electrons. The van der Waals surface area contributed by atoms with E-state index in [0.29, 0.717) is 11.3 Å². The molecule has 0 bridgehead atoms. The normalized spacial score (nSPS) is 12.8. The summed E-state index contributed by atoms with van der Waals surface area (Å²) in [6.07, 6.45) is 0.903. The lowest BCUT2D eigenvalue weighted by Crippen LogP contribution is -2.35. The first-order valence-corrected chi connectivity index (χ1v) is 8.88. The SMILES string of the molecule is CCC(C)N(C)C(=O)Cc1cc(S(=O)(=O)Cl)ccc1OC. The summed E-state index contributed by atoms with van der Waals surface area (Å²) in [7, 11) is 4.69. The predicted molar refractivity (Wildman–Crippen MR) is 82.3 cm³/mol. The van der Waals surface area contributed by atoms with Crippen molar-refractivity contribution in [1.29, 1.82) is 0 Å². The summed E-state index contributed by atoms with van der Waals surface area (Å²) in [5.41, 5.74) is 0.499. The van der Waals surface area contributed by atoms with Crippen molar-refractivity contribution in [3.05, 3.63) is 23.8 Å².